The van der Waals surface area contributed by atoms with Gasteiger partial charge < -0.3 is 15.6 Å². The molecule has 0 aromatic rings. The van der Waals surface area contributed by atoms with Crippen molar-refractivity contribution in [3.05, 3.63) is 5.53 Å². The summed E-state index contributed by atoms with van der Waals surface area (Å²) in [5.41, 5.74) is 8.00. The van der Waals surface area contributed by atoms with E-state index in [9.17, 15) is 4.79 Å². The normalized spacial score (nSPS) is 15.1. The Balaban J connectivity index is 4.37. The average Bonchev–Trinajstić information content (AvgIpc) is 2.11. The summed E-state index contributed by atoms with van der Waals surface area (Å²) in [6.07, 6.45) is 1.06. The van der Waals surface area contributed by atoms with Gasteiger partial charge in [-0.1, -0.05) is 0 Å². The molecule has 0 rings (SSSR count). The molecule has 0 spiro atoms. The summed E-state index contributed by atoms with van der Waals surface area (Å²) in [5, 5.41) is 3.02. The number of hydrogen-bond donors (Lipinski definition) is 1. The van der Waals surface area contributed by atoms with Crippen LogP contribution in [0.2, 0.25) is 0 Å². The van der Waals surface area contributed by atoms with Crippen LogP contribution in [0, 0.1) is 0 Å². The molecule has 0 saturated carbocycles. The van der Waals surface area contributed by atoms with Crippen molar-refractivity contribution < 1.29 is 14.3 Å². The van der Waals surface area contributed by atoms with Crippen LogP contribution in [0.1, 0.15) is 34.1 Å². The quantitative estimate of drug-likeness (QED) is 0.418. The van der Waals surface area contributed by atoms with E-state index in [2.05, 4.69) is 10.1 Å². The third-order valence-corrected chi connectivity index (χ3v) is 2.10. The van der Waals surface area contributed by atoms with Crippen LogP contribution in [0.4, 0.5) is 0 Å². The number of hydrogen-bond acceptors (Lipinski definition) is 3. The van der Waals surface area contributed by atoms with Crippen molar-refractivity contribution in [2.75, 3.05) is 7.05 Å². The summed E-state index contributed by atoms with van der Waals surface area (Å²) in [6, 6.07) is -0.0928. The van der Waals surface area contributed by atoms with Crippen LogP contribution in [-0.2, 0) is 9.53 Å². The standard InChI is InChI=1S/C11H21N3O2/c1-8(16-11(2,3)4)10(13-5)6-9(15)7-14-12/h7-8,10,13H,6H2,1-5H3/t8-,10-/m1/s1. The molecule has 0 radical (unpaired) electrons. The molecule has 92 valence electrons. The summed E-state index contributed by atoms with van der Waals surface area (Å²) in [4.78, 5) is 14.0. The summed E-state index contributed by atoms with van der Waals surface area (Å²) in [6.45, 7) is 7.81. The van der Waals surface area contributed by atoms with Gasteiger partial charge in [0.2, 0.25) is 5.78 Å². The van der Waals surface area contributed by atoms with Crippen molar-refractivity contribution >= 4 is 12.0 Å². The van der Waals surface area contributed by atoms with Gasteiger partial charge in [0.1, 0.15) is 0 Å². The molecule has 1 N–H and O–H groups in total. The lowest BCUT2D eigenvalue weighted by atomic mass is 10.0. The van der Waals surface area contributed by atoms with E-state index in [1.54, 1.807) is 7.05 Å². The van der Waals surface area contributed by atoms with E-state index in [1.807, 2.05) is 27.7 Å². The number of nitrogens with zero attached hydrogens (tertiary/aromatic N) is 2. The van der Waals surface area contributed by atoms with Crippen LogP contribution in [0.25, 0.3) is 5.53 Å². The maximum Gasteiger partial charge on any atom is 0.323 e. The summed E-state index contributed by atoms with van der Waals surface area (Å²) >= 11 is 0. The first-order chi connectivity index (χ1) is 7.30. The highest BCUT2D eigenvalue weighted by atomic mass is 16.5. The minimum absolute atomic E-state index is 0.0928. The van der Waals surface area contributed by atoms with Crippen LogP contribution in [0.15, 0.2) is 0 Å². The molecule has 5 heteroatoms. The fourth-order valence-corrected chi connectivity index (χ4v) is 1.48. The number of ketones is 1. The molecule has 0 unspecified atom stereocenters. The van der Waals surface area contributed by atoms with Crippen molar-refractivity contribution in [2.24, 2.45) is 0 Å². The molecule has 0 aliphatic heterocycles. The Morgan fingerprint density at radius 2 is 2.12 bits per heavy atom. The van der Waals surface area contributed by atoms with E-state index in [1.165, 1.54) is 0 Å². The van der Waals surface area contributed by atoms with Gasteiger partial charge in [0.15, 0.2) is 0 Å². The van der Waals surface area contributed by atoms with Gasteiger partial charge in [-0.3, -0.25) is 4.79 Å². The summed E-state index contributed by atoms with van der Waals surface area (Å²) in [5.74, 6) is -0.230. The smallest absolute Gasteiger partial charge is 0.323 e. The third kappa shape index (κ3) is 6.45. The molecule has 0 heterocycles. The van der Waals surface area contributed by atoms with Crippen LogP contribution < -0.4 is 5.32 Å². The number of carbonyl (C=O) groups is 1. The van der Waals surface area contributed by atoms with E-state index >= 15 is 0 Å². The molecule has 0 aliphatic rings. The first-order valence-electron chi connectivity index (χ1n) is 5.35. The Labute approximate surface area is 96.8 Å². The zero-order chi connectivity index (χ0) is 12.8. The van der Waals surface area contributed by atoms with Gasteiger partial charge in [-0.15, -0.1) is 0 Å². The maximum absolute atomic E-state index is 11.3. The first-order valence-corrected chi connectivity index (χ1v) is 5.35. The molecule has 16 heavy (non-hydrogen) atoms. The number of ether oxygens (including phenoxy) is 1. The summed E-state index contributed by atoms with van der Waals surface area (Å²) in [7, 11) is 1.77. The van der Waals surface area contributed by atoms with Crippen LogP contribution in [0.3, 0.4) is 0 Å². The van der Waals surface area contributed by atoms with Crippen molar-refractivity contribution in [2.45, 2.75) is 51.9 Å². The monoisotopic (exact) mass is 227 g/mol. The number of Topliss-reactive ketones (excluding diaryl/α,β-unsaturated/α-hetero) is 1. The predicted molar refractivity (Wildman–Crippen MR) is 62.5 cm³/mol. The Kier molecular flexibility index (Phi) is 6.11. The second kappa shape index (κ2) is 6.53. The lowest BCUT2D eigenvalue weighted by Crippen LogP contribution is -2.42. The van der Waals surface area contributed by atoms with Gasteiger partial charge in [0, 0.05) is 12.5 Å². The zero-order valence-electron chi connectivity index (χ0n) is 10.7. The van der Waals surface area contributed by atoms with E-state index in [0.29, 0.717) is 0 Å². The molecule has 0 fully saturated rings. The van der Waals surface area contributed by atoms with Crippen molar-refractivity contribution in [1.29, 1.82) is 0 Å². The van der Waals surface area contributed by atoms with Crippen LogP contribution in [0.5, 0.6) is 0 Å². The Hall–Kier alpha value is -1.03. The Bertz CT molecular complexity index is 277. The van der Waals surface area contributed by atoms with E-state index in [-0.39, 0.29) is 30.0 Å². The molecular weight excluding hydrogens is 206 g/mol. The molecular formula is C11H21N3O2. The highest BCUT2D eigenvalue weighted by Gasteiger charge is 2.24. The molecule has 0 aliphatic carbocycles. The van der Waals surface area contributed by atoms with Gasteiger partial charge in [-0.25, -0.2) is 0 Å². The van der Waals surface area contributed by atoms with Crippen molar-refractivity contribution in [3.63, 3.8) is 0 Å². The predicted octanol–water partition coefficient (Wildman–Crippen LogP) is 1.04. The molecule has 0 saturated heterocycles. The number of rotatable bonds is 6. The Morgan fingerprint density at radius 1 is 1.56 bits per heavy atom. The number of likely N-dealkylation sites (N-methyl/N-ethyl adjacent to an activating group) is 1. The van der Waals surface area contributed by atoms with Gasteiger partial charge in [0.25, 0.3) is 0 Å². The van der Waals surface area contributed by atoms with Crippen molar-refractivity contribution in [3.8, 4) is 0 Å². The molecule has 0 aromatic heterocycles. The molecule has 5 nitrogen and oxygen atoms in total. The summed E-state index contributed by atoms with van der Waals surface area (Å²) < 4.78 is 5.75. The first kappa shape index (κ1) is 15.0. The molecule has 0 bridgehead atoms. The van der Waals surface area contributed by atoms with Crippen LogP contribution in [-0.4, -0.2) is 41.6 Å². The second-order valence-electron chi connectivity index (χ2n) is 4.75. The zero-order valence-corrected chi connectivity index (χ0v) is 10.7. The highest BCUT2D eigenvalue weighted by Crippen LogP contribution is 2.14. The topological polar surface area (TPSA) is 74.7 Å². The fraction of sp³-hybridized carbons (Fsp3) is 0.818. The number of carbonyl (C=O) groups excluding carboxylic acids is 1. The SMILES string of the molecule is CN[C@H](CC(=O)C=[N+]=[N-])[C@@H](C)OC(C)(C)C. The molecule has 0 aromatic carbocycles. The number of nitrogens with one attached hydrogen (secondary N) is 1. The van der Waals surface area contributed by atoms with Crippen LogP contribution >= 0.6 is 0 Å². The van der Waals surface area contributed by atoms with E-state index in [0.717, 1.165) is 6.21 Å². The Morgan fingerprint density at radius 3 is 2.50 bits per heavy atom. The average molecular weight is 227 g/mol. The second-order valence-corrected chi connectivity index (χ2v) is 4.75. The van der Waals surface area contributed by atoms with E-state index in [4.69, 9.17) is 10.3 Å². The van der Waals surface area contributed by atoms with E-state index < -0.39 is 0 Å². The fourth-order valence-electron chi connectivity index (χ4n) is 1.48. The maximum atomic E-state index is 11.3. The lowest BCUT2D eigenvalue weighted by Gasteiger charge is -2.30. The minimum atomic E-state index is -0.247. The van der Waals surface area contributed by atoms with Gasteiger partial charge in [-0.05, 0) is 34.7 Å². The molecule has 2 atom stereocenters. The van der Waals surface area contributed by atoms with Gasteiger partial charge >= 0.3 is 6.21 Å². The van der Waals surface area contributed by atoms with Gasteiger partial charge in [-0.2, -0.15) is 4.79 Å². The molecule has 0 amide bonds. The highest BCUT2D eigenvalue weighted by molar-refractivity contribution is 6.25. The largest absolute Gasteiger partial charge is 0.371 e. The van der Waals surface area contributed by atoms with Gasteiger partial charge in [0.05, 0.1) is 11.7 Å². The minimum Gasteiger partial charge on any atom is -0.371 e. The van der Waals surface area contributed by atoms with Crippen molar-refractivity contribution in [1.82, 2.24) is 5.32 Å². The lowest BCUT2D eigenvalue weighted by molar-refractivity contribution is -0.119. The third-order valence-electron chi connectivity index (χ3n) is 2.10.